The van der Waals surface area contributed by atoms with Crippen LogP contribution in [-0.2, 0) is 0 Å². The number of nitrogens with one attached hydrogen (secondary N) is 1. The Morgan fingerprint density at radius 2 is 1.89 bits per heavy atom. The Kier molecular flexibility index (Phi) is 4.44. The number of hydrogen-bond donors (Lipinski definition) is 2. The van der Waals surface area contributed by atoms with E-state index >= 15 is 0 Å². The fourth-order valence-corrected chi connectivity index (χ4v) is 1.86. The minimum atomic E-state index is -0.0250. The van der Waals surface area contributed by atoms with E-state index in [0.717, 1.165) is 30.9 Å². The maximum Gasteiger partial charge on any atom is 0.161 e. The maximum atomic E-state index is 9.16. The molecule has 2 rings (SSSR count). The Morgan fingerprint density at radius 3 is 2.44 bits per heavy atom. The van der Waals surface area contributed by atoms with Gasteiger partial charge >= 0.3 is 0 Å². The summed E-state index contributed by atoms with van der Waals surface area (Å²) in [6, 6.07) is 7.68. The van der Waals surface area contributed by atoms with Crippen LogP contribution in [0.2, 0.25) is 0 Å². The second kappa shape index (κ2) is 6.07. The van der Waals surface area contributed by atoms with Gasteiger partial charge in [0.15, 0.2) is 11.5 Å². The molecule has 1 aliphatic rings. The summed E-state index contributed by atoms with van der Waals surface area (Å²) in [6.45, 7) is 4.11. The van der Waals surface area contributed by atoms with Crippen molar-refractivity contribution in [1.82, 2.24) is 5.32 Å². The van der Waals surface area contributed by atoms with Crippen LogP contribution in [0.25, 0.3) is 0 Å². The molecule has 18 heavy (non-hydrogen) atoms. The van der Waals surface area contributed by atoms with Gasteiger partial charge in [0, 0.05) is 12.1 Å². The third kappa shape index (κ3) is 3.37. The molecule has 0 aromatic heterocycles. The van der Waals surface area contributed by atoms with E-state index in [-0.39, 0.29) is 12.1 Å². The van der Waals surface area contributed by atoms with E-state index < -0.39 is 0 Å². The zero-order valence-electron chi connectivity index (χ0n) is 10.8. The van der Waals surface area contributed by atoms with Crippen LogP contribution >= 0.6 is 0 Å². The quantitative estimate of drug-likeness (QED) is 0.689. The molecule has 100 valence electrons. The zero-order valence-corrected chi connectivity index (χ0v) is 10.8. The highest BCUT2D eigenvalue weighted by molar-refractivity contribution is 5.39. The van der Waals surface area contributed by atoms with E-state index in [1.807, 2.05) is 31.2 Å². The lowest BCUT2D eigenvalue weighted by Crippen LogP contribution is -2.37. The van der Waals surface area contributed by atoms with Crippen molar-refractivity contribution in [3.8, 4) is 11.5 Å². The van der Waals surface area contributed by atoms with Crippen molar-refractivity contribution < 1.29 is 14.6 Å². The SMILES string of the molecule is CCOc1ccccc1OCCNC1(CO)CC1. The van der Waals surface area contributed by atoms with Crippen LogP contribution in [-0.4, -0.2) is 37.0 Å². The number of aliphatic hydroxyl groups is 1. The highest BCUT2D eigenvalue weighted by Crippen LogP contribution is 2.34. The van der Waals surface area contributed by atoms with Crippen LogP contribution in [0.5, 0.6) is 11.5 Å². The summed E-state index contributed by atoms with van der Waals surface area (Å²) in [7, 11) is 0. The second-order valence-corrected chi connectivity index (χ2v) is 4.59. The number of benzene rings is 1. The first-order chi connectivity index (χ1) is 8.79. The summed E-state index contributed by atoms with van der Waals surface area (Å²) in [4.78, 5) is 0. The highest BCUT2D eigenvalue weighted by atomic mass is 16.5. The third-order valence-electron chi connectivity index (χ3n) is 3.16. The lowest BCUT2D eigenvalue weighted by Gasteiger charge is -2.15. The van der Waals surface area contributed by atoms with Crippen molar-refractivity contribution in [3.05, 3.63) is 24.3 Å². The molecule has 0 saturated heterocycles. The van der Waals surface area contributed by atoms with E-state index in [9.17, 15) is 0 Å². The molecule has 0 radical (unpaired) electrons. The van der Waals surface area contributed by atoms with Gasteiger partial charge in [-0.1, -0.05) is 12.1 Å². The first-order valence-corrected chi connectivity index (χ1v) is 6.50. The fraction of sp³-hybridized carbons (Fsp3) is 0.571. The molecule has 0 aliphatic heterocycles. The van der Waals surface area contributed by atoms with Crippen LogP contribution in [0.1, 0.15) is 19.8 Å². The number of hydrogen-bond acceptors (Lipinski definition) is 4. The van der Waals surface area contributed by atoms with E-state index in [4.69, 9.17) is 14.6 Å². The first-order valence-electron chi connectivity index (χ1n) is 6.50. The Hall–Kier alpha value is -1.26. The van der Waals surface area contributed by atoms with Crippen LogP contribution in [0.15, 0.2) is 24.3 Å². The largest absolute Gasteiger partial charge is 0.490 e. The van der Waals surface area contributed by atoms with Crippen LogP contribution in [0, 0.1) is 0 Å². The van der Waals surface area contributed by atoms with Crippen LogP contribution < -0.4 is 14.8 Å². The van der Waals surface area contributed by atoms with Gasteiger partial charge in [-0.2, -0.15) is 0 Å². The highest BCUT2D eigenvalue weighted by Gasteiger charge is 2.41. The van der Waals surface area contributed by atoms with Gasteiger partial charge in [0.05, 0.1) is 13.2 Å². The molecule has 1 aromatic rings. The summed E-state index contributed by atoms with van der Waals surface area (Å²) in [5, 5.41) is 12.5. The van der Waals surface area contributed by atoms with Crippen molar-refractivity contribution in [2.45, 2.75) is 25.3 Å². The third-order valence-corrected chi connectivity index (χ3v) is 3.16. The molecule has 4 heteroatoms. The standard InChI is InChI=1S/C14H21NO3/c1-2-17-12-5-3-4-6-13(12)18-10-9-15-14(11-16)7-8-14/h3-6,15-16H,2,7-11H2,1H3. The molecule has 1 aliphatic carbocycles. The molecule has 1 saturated carbocycles. The molecule has 0 amide bonds. The molecule has 0 atom stereocenters. The molecular formula is C14H21NO3. The summed E-state index contributed by atoms with van der Waals surface area (Å²) in [5.41, 5.74) is -0.0250. The van der Waals surface area contributed by atoms with Crippen molar-refractivity contribution in [2.24, 2.45) is 0 Å². The number of ether oxygens (including phenoxy) is 2. The van der Waals surface area contributed by atoms with Gasteiger partial charge in [-0.25, -0.2) is 0 Å². The predicted octanol–water partition coefficient (Wildman–Crippen LogP) is 1.58. The molecule has 4 nitrogen and oxygen atoms in total. The average Bonchev–Trinajstić information content (AvgIpc) is 3.17. The molecule has 1 fully saturated rings. The molecule has 0 unspecified atom stereocenters. The average molecular weight is 251 g/mol. The minimum absolute atomic E-state index is 0.0250. The molecule has 2 N–H and O–H groups in total. The molecule has 0 bridgehead atoms. The Labute approximate surface area is 108 Å². The fourth-order valence-electron chi connectivity index (χ4n) is 1.86. The zero-order chi connectivity index (χ0) is 12.8. The Balaban J connectivity index is 1.76. The van der Waals surface area contributed by atoms with Gasteiger partial charge < -0.3 is 19.9 Å². The van der Waals surface area contributed by atoms with Gasteiger partial charge in [0.1, 0.15) is 6.61 Å². The van der Waals surface area contributed by atoms with Crippen molar-refractivity contribution >= 4 is 0 Å². The molecule has 0 spiro atoms. The predicted molar refractivity (Wildman–Crippen MR) is 70.2 cm³/mol. The summed E-state index contributed by atoms with van der Waals surface area (Å²) >= 11 is 0. The second-order valence-electron chi connectivity index (χ2n) is 4.59. The van der Waals surface area contributed by atoms with Gasteiger partial charge in [0.25, 0.3) is 0 Å². The number of aliphatic hydroxyl groups excluding tert-OH is 1. The van der Waals surface area contributed by atoms with Gasteiger partial charge in [-0.05, 0) is 31.9 Å². The Morgan fingerprint density at radius 1 is 1.22 bits per heavy atom. The summed E-state index contributed by atoms with van der Waals surface area (Å²) in [5.74, 6) is 1.55. The van der Waals surface area contributed by atoms with Gasteiger partial charge in [-0.15, -0.1) is 0 Å². The minimum Gasteiger partial charge on any atom is -0.490 e. The van der Waals surface area contributed by atoms with Crippen molar-refractivity contribution in [2.75, 3.05) is 26.4 Å². The van der Waals surface area contributed by atoms with E-state index in [2.05, 4.69) is 5.32 Å². The molecule has 1 aromatic carbocycles. The molecular weight excluding hydrogens is 230 g/mol. The summed E-state index contributed by atoms with van der Waals surface area (Å²) in [6.07, 6.45) is 2.11. The monoisotopic (exact) mass is 251 g/mol. The van der Waals surface area contributed by atoms with E-state index in [1.165, 1.54) is 0 Å². The van der Waals surface area contributed by atoms with E-state index in [0.29, 0.717) is 13.2 Å². The number of rotatable bonds is 8. The number of para-hydroxylation sites is 2. The smallest absolute Gasteiger partial charge is 0.161 e. The normalized spacial score (nSPS) is 16.3. The van der Waals surface area contributed by atoms with Crippen LogP contribution in [0.3, 0.4) is 0 Å². The lowest BCUT2D eigenvalue weighted by atomic mass is 10.3. The van der Waals surface area contributed by atoms with Crippen molar-refractivity contribution in [3.63, 3.8) is 0 Å². The van der Waals surface area contributed by atoms with Crippen molar-refractivity contribution in [1.29, 1.82) is 0 Å². The topological polar surface area (TPSA) is 50.7 Å². The molecule has 0 heterocycles. The maximum absolute atomic E-state index is 9.16. The first kappa shape index (κ1) is 13.2. The van der Waals surface area contributed by atoms with Gasteiger partial charge in [-0.3, -0.25) is 0 Å². The lowest BCUT2D eigenvalue weighted by molar-refractivity contribution is 0.217. The van der Waals surface area contributed by atoms with Gasteiger partial charge in [0.2, 0.25) is 0 Å². The summed E-state index contributed by atoms with van der Waals surface area (Å²) < 4.78 is 11.2. The van der Waals surface area contributed by atoms with Crippen LogP contribution in [0.4, 0.5) is 0 Å². The van der Waals surface area contributed by atoms with E-state index in [1.54, 1.807) is 0 Å². The Bertz CT molecular complexity index is 377.